The largest absolute Gasteiger partial charge is 0.497 e. The van der Waals surface area contributed by atoms with Gasteiger partial charge in [0.05, 0.1) is 17.3 Å². The molecule has 4 aromatic rings. The predicted molar refractivity (Wildman–Crippen MR) is 112 cm³/mol. The Morgan fingerprint density at radius 2 is 2.07 bits per heavy atom. The van der Waals surface area contributed by atoms with Crippen LogP contribution >= 0.6 is 23.6 Å². The Balaban J connectivity index is 1.55. The van der Waals surface area contributed by atoms with Crippen LogP contribution in [0.3, 0.4) is 0 Å². The molecule has 9 heteroatoms. The summed E-state index contributed by atoms with van der Waals surface area (Å²) in [6.45, 7) is 2.06. The Morgan fingerprint density at radius 1 is 1.29 bits per heavy atom. The Morgan fingerprint density at radius 3 is 2.82 bits per heavy atom. The Bertz CT molecular complexity index is 1210. The second-order valence-electron chi connectivity index (χ2n) is 6.21. The molecule has 0 atom stereocenters. The number of hydrogen-bond acceptors (Lipinski definition) is 6. The molecule has 0 aliphatic carbocycles. The third kappa shape index (κ3) is 3.67. The van der Waals surface area contributed by atoms with Crippen molar-refractivity contribution >= 4 is 44.8 Å². The maximum absolute atomic E-state index is 12.6. The minimum Gasteiger partial charge on any atom is -0.497 e. The summed E-state index contributed by atoms with van der Waals surface area (Å²) in [5.74, 6) is 1.15. The topological polar surface area (TPSA) is 84.8 Å². The number of carbonyl (C=O) groups excluding carboxylic acids is 1. The predicted octanol–water partition coefficient (Wildman–Crippen LogP) is 4.17. The van der Waals surface area contributed by atoms with E-state index in [1.165, 1.54) is 11.3 Å². The lowest BCUT2D eigenvalue weighted by Gasteiger charge is -2.07. The third-order valence-corrected chi connectivity index (χ3v) is 5.46. The number of ether oxygens (including phenoxy) is 1. The van der Waals surface area contributed by atoms with E-state index in [1.54, 1.807) is 11.7 Å². The molecule has 0 aliphatic rings. The van der Waals surface area contributed by atoms with Crippen LogP contribution in [0.4, 0.5) is 5.13 Å². The maximum atomic E-state index is 12.6. The standard InChI is InChI=1S/C19H17N5O2S2/c1-11-3-5-12(6-4-11)17-22-23-19(27)24(17)10-16(25)21-18-20-14-8-7-13(26-2)9-15(14)28-18/h3-9H,10H2,1-2H3,(H,23,27)(H,20,21,25). The molecule has 0 saturated heterocycles. The molecule has 7 nitrogen and oxygen atoms in total. The summed E-state index contributed by atoms with van der Waals surface area (Å²) >= 11 is 6.69. The van der Waals surface area contributed by atoms with Gasteiger partial charge in [0, 0.05) is 5.56 Å². The van der Waals surface area contributed by atoms with Gasteiger partial charge in [-0.2, -0.15) is 5.10 Å². The number of thiazole rings is 1. The zero-order chi connectivity index (χ0) is 19.7. The average molecular weight is 412 g/mol. The summed E-state index contributed by atoms with van der Waals surface area (Å²) in [5, 5.41) is 10.4. The van der Waals surface area contributed by atoms with Gasteiger partial charge >= 0.3 is 0 Å². The monoisotopic (exact) mass is 411 g/mol. The summed E-state index contributed by atoms with van der Waals surface area (Å²) in [6, 6.07) is 13.5. The smallest absolute Gasteiger partial charge is 0.246 e. The van der Waals surface area contributed by atoms with Crippen molar-refractivity contribution in [1.82, 2.24) is 19.7 Å². The van der Waals surface area contributed by atoms with Gasteiger partial charge in [-0.3, -0.25) is 14.5 Å². The lowest BCUT2D eigenvalue weighted by Crippen LogP contribution is -2.19. The van der Waals surface area contributed by atoms with Crippen molar-refractivity contribution in [2.24, 2.45) is 0 Å². The van der Waals surface area contributed by atoms with Crippen molar-refractivity contribution in [3.8, 4) is 17.1 Å². The number of nitrogens with zero attached hydrogens (tertiary/aromatic N) is 3. The second-order valence-corrected chi connectivity index (χ2v) is 7.62. The number of carbonyl (C=O) groups is 1. The zero-order valence-electron chi connectivity index (χ0n) is 15.2. The van der Waals surface area contributed by atoms with Gasteiger partial charge in [0.15, 0.2) is 15.7 Å². The molecule has 0 unspecified atom stereocenters. The van der Waals surface area contributed by atoms with Gasteiger partial charge in [-0.1, -0.05) is 41.2 Å². The molecular weight excluding hydrogens is 394 g/mol. The molecule has 2 N–H and O–H groups in total. The highest BCUT2D eigenvalue weighted by molar-refractivity contribution is 7.71. The molecule has 2 aromatic heterocycles. The molecular formula is C19H17N5O2S2. The van der Waals surface area contributed by atoms with Crippen LogP contribution in [0.15, 0.2) is 42.5 Å². The van der Waals surface area contributed by atoms with Gasteiger partial charge in [-0.05, 0) is 37.3 Å². The molecule has 1 amide bonds. The average Bonchev–Trinajstić information content (AvgIpc) is 3.25. The van der Waals surface area contributed by atoms with E-state index in [9.17, 15) is 4.79 Å². The molecule has 2 aromatic carbocycles. The van der Waals surface area contributed by atoms with E-state index in [1.807, 2.05) is 49.4 Å². The van der Waals surface area contributed by atoms with Crippen LogP contribution < -0.4 is 10.1 Å². The quantitative estimate of drug-likeness (QED) is 0.482. The molecule has 0 radical (unpaired) electrons. The number of nitrogens with one attached hydrogen (secondary N) is 2. The van der Waals surface area contributed by atoms with Gasteiger partial charge in [0.2, 0.25) is 5.91 Å². The first-order valence-electron chi connectivity index (χ1n) is 8.50. The molecule has 0 fully saturated rings. The van der Waals surface area contributed by atoms with E-state index < -0.39 is 0 Å². The van der Waals surface area contributed by atoms with Gasteiger partial charge in [0.25, 0.3) is 0 Å². The van der Waals surface area contributed by atoms with Crippen molar-refractivity contribution in [1.29, 1.82) is 0 Å². The van der Waals surface area contributed by atoms with E-state index in [0.29, 0.717) is 15.7 Å². The summed E-state index contributed by atoms with van der Waals surface area (Å²) in [6.07, 6.45) is 0. The minimum atomic E-state index is -0.225. The van der Waals surface area contributed by atoms with Crippen molar-refractivity contribution < 1.29 is 9.53 Å². The highest BCUT2D eigenvalue weighted by atomic mass is 32.1. The minimum absolute atomic E-state index is 0.0395. The molecule has 0 saturated carbocycles. The van der Waals surface area contributed by atoms with Gasteiger partial charge < -0.3 is 10.1 Å². The third-order valence-electron chi connectivity index (χ3n) is 4.21. The highest BCUT2D eigenvalue weighted by Gasteiger charge is 2.14. The number of fused-ring (bicyclic) bond motifs is 1. The molecule has 2 heterocycles. The van der Waals surface area contributed by atoms with Crippen molar-refractivity contribution in [3.63, 3.8) is 0 Å². The van der Waals surface area contributed by atoms with Crippen LogP contribution in [0.1, 0.15) is 5.56 Å². The van der Waals surface area contributed by atoms with E-state index in [-0.39, 0.29) is 12.5 Å². The molecule has 0 bridgehead atoms. The summed E-state index contributed by atoms with van der Waals surface area (Å²) < 4.78 is 8.23. The first kappa shape index (κ1) is 18.3. The highest BCUT2D eigenvalue weighted by Crippen LogP contribution is 2.29. The van der Waals surface area contributed by atoms with Gasteiger partial charge in [-0.25, -0.2) is 4.98 Å². The van der Waals surface area contributed by atoms with E-state index in [2.05, 4.69) is 20.5 Å². The SMILES string of the molecule is COc1ccc2nc(NC(=O)Cn3c(-c4ccc(C)cc4)n[nH]c3=S)sc2c1. The number of amides is 1. The van der Waals surface area contributed by atoms with Gasteiger partial charge in [0.1, 0.15) is 12.3 Å². The first-order chi connectivity index (χ1) is 13.5. The number of methoxy groups -OCH3 is 1. The van der Waals surface area contributed by atoms with Crippen LogP contribution in [-0.4, -0.2) is 32.8 Å². The second kappa shape index (κ2) is 7.53. The van der Waals surface area contributed by atoms with Crippen LogP contribution in [0.25, 0.3) is 21.6 Å². The van der Waals surface area contributed by atoms with E-state index in [4.69, 9.17) is 17.0 Å². The van der Waals surface area contributed by atoms with Crippen LogP contribution in [0, 0.1) is 11.7 Å². The lowest BCUT2D eigenvalue weighted by atomic mass is 10.1. The van der Waals surface area contributed by atoms with E-state index >= 15 is 0 Å². The summed E-state index contributed by atoms with van der Waals surface area (Å²) in [5.41, 5.74) is 2.84. The summed E-state index contributed by atoms with van der Waals surface area (Å²) in [4.78, 5) is 17.0. The molecule has 0 aliphatic heterocycles. The number of H-pyrrole nitrogens is 1. The number of benzene rings is 2. The molecule has 0 spiro atoms. The zero-order valence-corrected chi connectivity index (χ0v) is 16.9. The normalized spacial score (nSPS) is 10.9. The fourth-order valence-electron chi connectivity index (χ4n) is 2.78. The Hall–Kier alpha value is -3.04. The molecule has 142 valence electrons. The van der Waals surface area contributed by atoms with Crippen LogP contribution in [0.5, 0.6) is 5.75 Å². The van der Waals surface area contributed by atoms with Gasteiger partial charge in [-0.15, -0.1) is 0 Å². The number of anilines is 1. The van der Waals surface area contributed by atoms with Crippen molar-refractivity contribution in [3.05, 3.63) is 52.8 Å². The van der Waals surface area contributed by atoms with E-state index in [0.717, 1.165) is 27.1 Å². The molecule has 4 rings (SSSR count). The van der Waals surface area contributed by atoms with Crippen LogP contribution in [-0.2, 0) is 11.3 Å². The maximum Gasteiger partial charge on any atom is 0.246 e. The Labute approximate surface area is 170 Å². The fourth-order valence-corrected chi connectivity index (χ4v) is 3.88. The van der Waals surface area contributed by atoms with Crippen LogP contribution in [0.2, 0.25) is 0 Å². The number of rotatable bonds is 5. The number of aryl methyl sites for hydroxylation is 1. The van der Waals surface area contributed by atoms with Crippen molar-refractivity contribution in [2.45, 2.75) is 13.5 Å². The number of aromatic nitrogens is 4. The summed E-state index contributed by atoms with van der Waals surface area (Å²) in [7, 11) is 1.62. The number of hydrogen-bond donors (Lipinski definition) is 2. The lowest BCUT2D eigenvalue weighted by molar-refractivity contribution is -0.116. The fraction of sp³-hybridized carbons (Fsp3) is 0.158. The van der Waals surface area contributed by atoms with Crippen molar-refractivity contribution in [2.75, 3.05) is 12.4 Å². The Kier molecular flexibility index (Phi) is 4.93. The first-order valence-corrected chi connectivity index (χ1v) is 9.72. The molecule has 28 heavy (non-hydrogen) atoms. The number of aromatic amines is 1.